The Labute approximate surface area is 136 Å². The molecule has 110 valence electrons. The van der Waals surface area contributed by atoms with Crippen LogP contribution in [0.4, 0.5) is 0 Å². The summed E-state index contributed by atoms with van der Waals surface area (Å²) < 4.78 is 7.15. The van der Waals surface area contributed by atoms with Gasteiger partial charge in [0.05, 0.1) is 4.47 Å². The van der Waals surface area contributed by atoms with Gasteiger partial charge in [-0.05, 0) is 41.1 Å². The number of hydrogen-bond donors (Lipinski definition) is 1. The molecule has 1 rings (SSSR count). The van der Waals surface area contributed by atoms with Gasteiger partial charge in [-0.2, -0.15) is 5.10 Å². The second-order valence-electron chi connectivity index (χ2n) is 5.35. The fraction of sp³-hybridized carbons (Fsp3) is 0.429. The molecule has 0 aliphatic rings. The van der Waals surface area contributed by atoms with Gasteiger partial charge in [-0.1, -0.05) is 36.7 Å². The first kappa shape index (κ1) is 17.2. The molecule has 0 saturated heterocycles. The summed E-state index contributed by atoms with van der Waals surface area (Å²) in [6.45, 7) is 7.90. The van der Waals surface area contributed by atoms with Crippen molar-refractivity contribution in [1.82, 2.24) is 5.43 Å². The molecule has 0 saturated carbocycles. The van der Waals surface area contributed by atoms with E-state index in [4.69, 9.17) is 4.74 Å². The van der Waals surface area contributed by atoms with E-state index >= 15 is 0 Å². The second-order valence-corrected chi connectivity index (χ2v) is 7.12. The third kappa shape index (κ3) is 5.63. The van der Waals surface area contributed by atoms with Crippen molar-refractivity contribution < 1.29 is 9.53 Å². The van der Waals surface area contributed by atoms with Gasteiger partial charge in [0.2, 0.25) is 0 Å². The standard InChI is InChI=1S/C14H18Br2N2O2/c1-9(14(2,3)4)17-18-13(19)8-20-12-6-5-10(15)7-11(12)16/h5-7H,8H2,1-4H3,(H,18,19)/b17-9+. The summed E-state index contributed by atoms with van der Waals surface area (Å²) >= 11 is 6.72. The zero-order chi connectivity index (χ0) is 15.3. The molecule has 1 aromatic carbocycles. The van der Waals surface area contributed by atoms with Gasteiger partial charge in [0, 0.05) is 15.6 Å². The molecule has 0 bridgehead atoms. The van der Waals surface area contributed by atoms with Crippen LogP contribution in [0.15, 0.2) is 32.2 Å². The maximum atomic E-state index is 11.7. The van der Waals surface area contributed by atoms with E-state index in [2.05, 4.69) is 42.4 Å². The summed E-state index contributed by atoms with van der Waals surface area (Å²) in [6.07, 6.45) is 0. The molecule has 0 aromatic heterocycles. The van der Waals surface area contributed by atoms with E-state index < -0.39 is 0 Å². The molecule has 6 heteroatoms. The summed E-state index contributed by atoms with van der Waals surface area (Å²) in [7, 11) is 0. The number of nitrogens with zero attached hydrogens (tertiary/aromatic N) is 1. The first-order valence-electron chi connectivity index (χ1n) is 6.11. The molecular weight excluding hydrogens is 388 g/mol. The van der Waals surface area contributed by atoms with Crippen molar-refractivity contribution in [1.29, 1.82) is 0 Å². The van der Waals surface area contributed by atoms with Crippen LogP contribution in [0, 0.1) is 5.41 Å². The van der Waals surface area contributed by atoms with E-state index in [-0.39, 0.29) is 17.9 Å². The molecule has 0 heterocycles. The van der Waals surface area contributed by atoms with Crippen LogP contribution in [0.25, 0.3) is 0 Å². The summed E-state index contributed by atoms with van der Waals surface area (Å²) in [5.41, 5.74) is 3.28. The van der Waals surface area contributed by atoms with Gasteiger partial charge >= 0.3 is 0 Å². The Bertz CT molecular complexity index is 522. The van der Waals surface area contributed by atoms with Crippen molar-refractivity contribution in [2.24, 2.45) is 10.5 Å². The first-order chi connectivity index (χ1) is 9.20. The fourth-order valence-corrected chi connectivity index (χ4v) is 2.24. The minimum Gasteiger partial charge on any atom is -0.483 e. The van der Waals surface area contributed by atoms with E-state index in [1.165, 1.54) is 0 Å². The van der Waals surface area contributed by atoms with Gasteiger partial charge in [-0.3, -0.25) is 4.79 Å². The largest absolute Gasteiger partial charge is 0.483 e. The minimum atomic E-state index is -0.289. The number of ether oxygens (including phenoxy) is 1. The Morgan fingerprint density at radius 1 is 1.35 bits per heavy atom. The number of halogens is 2. The van der Waals surface area contributed by atoms with Crippen LogP contribution in [0.2, 0.25) is 0 Å². The number of carbonyl (C=O) groups excluding carboxylic acids is 1. The maximum Gasteiger partial charge on any atom is 0.277 e. The third-order valence-corrected chi connectivity index (χ3v) is 3.80. The van der Waals surface area contributed by atoms with E-state index in [1.54, 1.807) is 6.07 Å². The molecule has 1 amide bonds. The monoisotopic (exact) mass is 404 g/mol. The zero-order valence-corrected chi connectivity index (χ0v) is 15.1. The van der Waals surface area contributed by atoms with E-state index in [0.29, 0.717) is 5.75 Å². The predicted molar refractivity (Wildman–Crippen MR) is 88.0 cm³/mol. The molecule has 0 aliphatic heterocycles. The molecule has 1 aromatic rings. The molecule has 4 nitrogen and oxygen atoms in total. The molecule has 0 spiro atoms. The molecule has 0 unspecified atom stereocenters. The number of benzene rings is 1. The van der Waals surface area contributed by atoms with Crippen molar-refractivity contribution in [3.63, 3.8) is 0 Å². The molecule has 0 atom stereocenters. The van der Waals surface area contributed by atoms with Gasteiger partial charge in [0.15, 0.2) is 6.61 Å². The summed E-state index contributed by atoms with van der Waals surface area (Å²) in [6, 6.07) is 5.49. The van der Waals surface area contributed by atoms with Crippen molar-refractivity contribution in [3.8, 4) is 5.75 Å². The Morgan fingerprint density at radius 3 is 2.55 bits per heavy atom. The number of hydrogen-bond acceptors (Lipinski definition) is 3. The zero-order valence-electron chi connectivity index (χ0n) is 12.0. The van der Waals surface area contributed by atoms with Crippen LogP contribution in [-0.2, 0) is 4.79 Å². The van der Waals surface area contributed by atoms with Gasteiger partial charge in [-0.25, -0.2) is 5.43 Å². The second kappa shape index (κ2) is 7.22. The van der Waals surface area contributed by atoms with Crippen LogP contribution < -0.4 is 10.2 Å². The normalized spacial score (nSPS) is 12.2. The predicted octanol–water partition coefficient (Wildman–Crippen LogP) is 4.13. The summed E-state index contributed by atoms with van der Waals surface area (Å²) in [5.74, 6) is 0.322. The van der Waals surface area contributed by atoms with Gasteiger partial charge < -0.3 is 4.74 Å². The smallest absolute Gasteiger partial charge is 0.277 e. The SMILES string of the molecule is C/C(=N\NC(=O)COc1ccc(Br)cc1Br)C(C)(C)C. The van der Waals surface area contributed by atoms with Crippen molar-refractivity contribution in [2.75, 3.05) is 6.61 Å². The topological polar surface area (TPSA) is 50.7 Å². The number of hydrazone groups is 1. The summed E-state index contributed by atoms with van der Waals surface area (Å²) in [5, 5.41) is 4.06. The average molecular weight is 406 g/mol. The molecule has 0 fully saturated rings. The van der Waals surface area contributed by atoms with Crippen LogP contribution in [0.1, 0.15) is 27.7 Å². The Hall–Kier alpha value is -0.880. The van der Waals surface area contributed by atoms with Crippen molar-refractivity contribution >= 4 is 43.5 Å². The van der Waals surface area contributed by atoms with E-state index in [9.17, 15) is 4.79 Å². The number of carbonyl (C=O) groups is 1. The number of nitrogens with one attached hydrogen (secondary N) is 1. The average Bonchev–Trinajstić information content (AvgIpc) is 2.33. The van der Waals surface area contributed by atoms with Gasteiger partial charge in [0.25, 0.3) is 5.91 Å². The quantitative estimate of drug-likeness (QED) is 0.604. The third-order valence-electron chi connectivity index (χ3n) is 2.69. The molecule has 0 radical (unpaired) electrons. The highest BCUT2D eigenvalue weighted by Gasteiger charge is 2.14. The van der Waals surface area contributed by atoms with Crippen molar-refractivity contribution in [3.05, 3.63) is 27.1 Å². The van der Waals surface area contributed by atoms with Gasteiger partial charge in [0.1, 0.15) is 5.75 Å². The highest BCUT2D eigenvalue weighted by Crippen LogP contribution is 2.28. The lowest BCUT2D eigenvalue weighted by Gasteiger charge is -2.17. The van der Waals surface area contributed by atoms with E-state index in [1.807, 2.05) is 39.8 Å². The molecule has 0 aliphatic carbocycles. The van der Waals surface area contributed by atoms with Crippen LogP contribution in [0.5, 0.6) is 5.75 Å². The highest BCUT2D eigenvalue weighted by atomic mass is 79.9. The summed E-state index contributed by atoms with van der Waals surface area (Å²) in [4.78, 5) is 11.7. The number of amides is 1. The maximum absolute atomic E-state index is 11.7. The lowest BCUT2D eigenvalue weighted by molar-refractivity contribution is -0.123. The van der Waals surface area contributed by atoms with Crippen LogP contribution in [0.3, 0.4) is 0 Å². The Morgan fingerprint density at radius 2 is 2.00 bits per heavy atom. The van der Waals surface area contributed by atoms with E-state index in [0.717, 1.165) is 14.7 Å². The Balaban J connectivity index is 2.52. The lowest BCUT2D eigenvalue weighted by Crippen LogP contribution is -2.28. The fourth-order valence-electron chi connectivity index (χ4n) is 1.08. The molecule has 1 N–H and O–H groups in total. The molecule has 20 heavy (non-hydrogen) atoms. The lowest BCUT2D eigenvalue weighted by atomic mass is 9.91. The Kier molecular flexibility index (Phi) is 6.20. The highest BCUT2D eigenvalue weighted by molar-refractivity contribution is 9.11. The minimum absolute atomic E-state index is 0.0666. The first-order valence-corrected chi connectivity index (χ1v) is 7.70. The van der Waals surface area contributed by atoms with Crippen LogP contribution in [-0.4, -0.2) is 18.2 Å². The van der Waals surface area contributed by atoms with Crippen molar-refractivity contribution in [2.45, 2.75) is 27.7 Å². The van der Waals surface area contributed by atoms with Crippen LogP contribution >= 0.6 is 31.9 Å². The molecular formula is C14H18Br2N2O2. The number of rotatable bonds is 4. The van der Waals surface area contributed by atoms with Gasteiger partial charge in [-0.15, -0.1) is 0 Å².